The molecule has 0 fully saturated rings. The fourth-order valence-electron chi connectivity index (χ4n) is 1.87. The van der Waals surface area contributed by atoms with Crippen LogP contribution in [0.15, 0.2) is 18.2 Å². The Morgan fingerprint density at radius 2 is 1.95 bits per heavy atom. The van der Waals surface area contributed by atoms with E-state index in [4.69, 9.17) is 0 Å². The van der Waals surface area contributed by atoms with Gasteiger partial charge in [-0.1, -0.05) is 22.2 Å². The highest BCUT2D eigenvalue weighted by molar-refractivity contribution is 7.05. The summed E-state index contributed by atoms with van der Waals surface area (Å²) in [5.41, 5.74) is 4.81. The van der Waals surface area contributed by atoms with E-state index < -0.39 is 0 Å². The lowest BCUT2D eigenvalue weighted by Crippen LogP contribution is -2.34. The van der Waals surface area contributed by atoms with Crippen molar-refractivity contribution in [3.63, 3.8) is 0 Å². The van der Waals surface area contributed by atoms with Crippen molar-refractivity contribution in [3.8, 4) is 11.3 Å². The Kier molecular flexibility index (Phi) is 4.02. The molecule has 0 bridgehead atoms. The zero-order valence-electron chi connectivity index (χ0n) is 12.2. The predicted octanol–water partition coefficient (Wildman–Crippen LogP) is 3.71. The van der Waals surface area contributed by atoms with E-state index in [1.54, 1.807) is 0 Å². The third kappa shape index (κ3) is 3.61. The summed E-state index contributed by atoms with van der Waals surface area (Å²) >= 11 is 1.48. The van der Waals surface area contributed by atoms with Crippen LogP contribution in [-0.2, 0) is 6.54 Å². The quantitative estimate of drug-likeness (QED) is 0.928. The minimum Gasteiger partial charge on any atom is -0.307 e. The van der Waals surface area contributed by atoms with Crippen LogP contribution in [0.4, 0.5) is 0 Å². The number of rotatable bonds is 3. The molecule has 3 nitrogen and oxygen atoms in total. The number of nitrogens with zero attached hydrogens (tertiary/aromatic N) is 2. The number of aromatic nitrogens is 2. The van der Waals surface area contributed by atoms with Gasteiger partial charge in [-0.25, -0.2) is 0 Å². The van der Waals surface area contributed by atoms with Crippen molar-refractivity contribution in [1.29, 1.82) is 0 Å². The van der Waals surface area contributed by atoms with Gasteiger partial charge in [-0.05, 0) is 57.8 Å². The van der Waals surface area contributed by atoms with Gasteiger partial charge in [-0.15, -0.1) is 5.10 Å². The molecule has 0 aliphatic rings. The highest BCUT2D eigenvalue weighted by Crippen LogP contribution is 2.28. The molecular weight excluding hydrogens is 254 g/mol. The maximum Gasteiger partial charge on any atom is 0.110 e. The summed E-state index contributed by atoms with van der Waals surface area (Å²) in [5.74, 6) is 0. The number of benzene rings is 1. The van der Waals surface area contributed by atoms with Crippen LogP contribution in [0.5, 0.6) is 0 Å². The first-order valence-corrected chi connectivity index (χ1v) is 7.28. The molecule has 102 valence electrons. The number of hydrogen-bond acceptors (Lipinski definition) is 4. The standard InChI is InChI=1S/C15H21N3S/c1-10-6-7-11(2)12(8-10)14-13(19-18-17-14)9-16-15(3,4)5/h6-8,16H,9H2,1-5H3. The zero-order valence-corrected chi connectivity index (χ0v) is 13.1. The summed E-state index contributed by atoms with van der Waals surface area (Å²) in [6, 6.07) is 6.46. The number of nitrogens with one attached hydrogen (secondary N) is 1. The molecule has 0 aliphatic carbocycles. The average molecular weight is 275 g/mol. The maximum absolute atomic E-state index is 4.32. The summed E-state index contributed by atoms with van der Waals surface area (Å²) in [5, 5.41) is 7.82. The predicted molar refractivity (Wildman–Crippen MR) is 81.4 cm³/mol. The van der Waals surface area contributed by atoms with Crippen molar-refractivity contribution < 1.29 is 0 Å². The second-order valence-electron chi connectivity index (χ2n) is 5.97. The van der Waals surface area contributed by atoms with Gasteiger partial charge in [-0.2, -0.15) is 0 Å². The van der Waals surface area contributed by atoms with Gasteiger partial charge in [0.1, 0.15) is 5.69 Å². The monoisotopic (exact) mass is 275 g/mol. The van der Waals surface area contributed by atoms with E-state index >= 15 is 0 Å². The van der Waals surface area contributed by atoms with E-state index in [9.17, 15) is 0 Å². The third-order valence-corrected chi connectivity index (χ3v) is 3.70. The largest absolute Gasteiger partial charge is 0.307 e. The van der Waals surface area contributed by atoms with Gasteiger partial charge in [0.15, 0.2) is 0 Å². The molecule has 0 spiro atoms. The van der Waals surface area contributed by atoms with Crippen LogP contribution < -0.4 is 5.32 Å². The third-order valence-electron chi connectivity index (χ3n) is 2.98. The van der Waals surface area contributed by atoms with Crippen molar-refractivity contribution in [1.82, 2.24) is 14.9 Å². The Morgan fingerprint density at radius 1 is 1.21 bits per heavy atom. The Bertz CT molecular complexity index is 567. The van der Waals surface area contributed by atoms with Crippen molar-refractivity contribution in [2.24, 2.45) is 0 Å². The highest BCUT2D eigenvalue weighted by atomic mass is 32.1. The molecule has 2 aromatic rings. The second kappa shape index (κ2) is 5.39. The molecule has 0 unspecified atom stereocenters. The topological polar surface area (TPSA) is 37.8 Å². The first kappa shape index (κ1) is 14.2. The Balaban J connectivity index is 2.31. The van der Waals surface area contributed by atoms with E-state index in [0.29, 0.717) is 0 Å². The Morgan fingerprint density at radius 3 is 2.63 bits per heavy atom. The lowest BCUT2D eigenvalue weighted by Gasteiger charge is -2.20. The summed E-state index contributed by atoms with van der Waals surface area (Å²) in [6.07, 6.45) is 0. The lowest BCUT2D eigenvalue weighted by atomic mass is 10.0. The molecule has 0 amide bonds. The molecule has 19 heavy (non-hydrogen) atoms. The van der Waals surface area contributed by atoms with E-state index in [1.807, 2.05) is 0 Å². The normalized spacial score (nSPS) is 11.8. The van der Waals surface area contributed by atoms with E-state index in [-0.39, 0.29) is 5.54 Å². The van der Waals surface area contributed by atoms with Gasteiger partial charge in [0.2, 0.25) is 0 Å². The van der Waals surface area contributed by atoms with Gasteiger partial charge >= 0.3 is 0 Å². The van der Waals surface area contributed by atoms with Gasteiger partial charge in [0.05, 0.1) is 4.88 Å². The van der Waals surface area contributed by atoms with Gasteiger partial charge in [0, 0.05) is 17.6 Å². The van der Waals surface area contributed by atoms with Gasteiger partial charge < -0.3 is 5.32 Å². The van der Waals surface area contributed by atoms with E-state index in [0.717, 1.165) is 12.2 Å². The molecule has 1 heterocycles. The minimum absolute atomic E-state index is 0.100. The molecule has 2 rings (SSSR count). The Hall–Kier alpha value is -1.26. The average Bonchev–Trinajstić information content (AvgIpc) is 2.77. The fraction of sp³-hybridized carbons (Fsp3) is 0.467. The van der Waals surface area contributed by atoms with Gasteiger partial charge in [-0.3, -0.25) is 0 Å². The van der Waals surface area contributed by atoms with Crippen molar-refractivity contribution in [2.75, 3.05) is 0 Å². The first-order chi connectivity index (χ1) is 8.87. The molecular formula is C15H21N3S. The molecule has 1 N–H and O–H groups in total. The molecule has 0 aliphatic heterocycles. The molecule has 0 saturated carbocycles. The molecule has 0 atom stereocenters. The molecule has 4 heteroatoms. The lowest BCUT2D eigenvalue weighted by molar-refractivity contribution is 0.426. The maximum atomic E-state index is 4.32. The van der Waals surface area contributed by atoms with Crippen molar-refractivity contribution in [2.45, 2.75) is 46.7 Å². The first-order valence-electron chi connectivity index (χ1n) is 6.51. The number of hydrogen-bond donors (Lipinski definition) is 1. The highest BCUT2D eigenvalue weighted by Gasteiger charge is 2.15. The van der Waals surface area contributed by atoms with E-state index in [2.05, 4.69) is 67.7 Å². The van der Waals surface area contributed by atoms with Crippen LogP contribution >= 0.6 is 11.5 Å². The molecule has 0 saturated heterocycles. The SMILES string of the molecule is Cc1ccc(C)c(-c2nnsc2CNC(C)(C)C)c1. The van der Waals surface area contributed by atoms with Gasteiger partial charge in [0.25, 0.3) is 0 Å². The second-order valence-corrected chi connectivity index (χ2v) is 6.81. The zero-order chi connectivity index (χ0) is 14.0. The fourth-order valence-corrected chi connectivity index (χ4v) is 2.46. The van der Waals surface area contributed by atoms with Crippen LogP contribution in [0.3, 0.4) is 0 Å². The molecule has 1 aromatic carbocycles. The minimum atomic E-state index is 0.100. The van der Waals surface area contributed by atoms with Crippen LogP contribution in [0.25, 0.3) is 11.3 Å². The van der Waals surface area contributed by atoms with Crippen molar-refractivity contribution >= 4 is 11.5 Å². The summed E-state index contributed by atoms with van der Waals surface area (Å²) < 4.78 is 4.12. The summed E-state index contributed by atoms with van der Waals surface area (Å²) in [7, 11) is 0. The van der Waals surface area contributed by atoms with Crippen LogP contribution in [0.2, 0.25) is 0 Å². The summed E-state index contributed by atoms with van der Waals surface area (Å²) in [6.45, 7) is 11.5. The van der Waals surface area contributed by atoms with Crippen molar-refractivity contribution in [3.05, 3.63) is 34.2 Å². The number of aryl methyl sites for hydroxylation is 2. The van der Waals surface area contributed by atoms with Crippen LogP contribution in [-0.4, -0.2) is 15.1 Å². The Labute approximate surface area is 119 Å². The molecule has 0 radical (unpaired) electrons. The molecule has 1 aromatic heterocycles. The van der Waals surface area contributed by atoms with Crippen LogP contribution in [0, 0.1) is 13.8 Å². The summed E-state index contributed by atoms with van der Waals surface area (Å²) in [4.78, 5) is 1.20. The van der Waals surface area contributed by atoms with E-state index in [1.165, 1.54) is 33.1 Å². The van der Waals surface area contributed by atoms with Crippen LogP contribution in [0.1, 0.15) is 36.8 Å². The smallest absolute Gasteiger partial charge is 0.110 e.